The van der Waals surface area contributed by atoms with Crippen LogP contribution in [0.2, 0.25) is 0 Å². The Kier molecular flexibility index (Phi) is 4.48. The number of carbonyl (C=O) groups excluding carboxylic acids is 1. The zero-order valence-corrected chi connectivity index (χ0v) is 11.5. The molecule has 1 heterocycles. The van der Waals surface area contributed by atoms with Crippen LogP contribution in [0.25, 0.3) is 0 Å². The minimum Gasteiger partial charge on any atom is -0.347 e. The van der Waals surface area contributed by atoms with Crippen molar-refractivity contribution in [1.82, 2.24) is 20.1 Å². The first-order valence-electron chi connectivity index (χ1n) is 6.65. The minimum absolute atomic E-state index is 0.153. The van der Waals surface area contributed by atoms with Gasteiger partial charge in [-0.15, -0.1) is 0 Å². The van der Waals surface area contributed by atoms with Gasteiger partial charge in [-0.25, -0.2) is 27.2 Å². The molecule has 1 amide bonds. The van der Waals surface area contributed by atoms with Crippen molar-refractivity contribution < 1.29 is 22.4 Å². The SMILES string of the molecule is Cc1nc(C(=O)NC2CCC(F)(F)CC2)n(CC(F)F)n1. The maximum absolute atomic E-state index is 13.0. The van der Waals surface area contributed by atoms with Crippen LogP contribution in [0.5, 0.6) is 0 Å². The predicted molar refractivity (Wildman–Crippen MR) is 65.4 cm³/mol. The largest absolute Gasteiger partial charge is 0.347 e. The Labute approximate surface area is 118 Å². The quantitative estimate of drug-likeness (QED) is 0.867. The van der Waals surface area contributed by atoms with Gasteiger partial charge in [0.1, 0.15) is 12.4 Å². The minimum atomic E-state index is -2.69. The smallest absolute Gasteiger partial charge is 0.289 e. The standard InChI is InChI=1S/C12H16F4N4O/c1-7-17-10(20(19-7)6-9(13)14)11(21)18-8-2-4-12(15,16)5-3-8/h8-9H,2-6H2,1H3,(H,18,21). The lowest BCUT2D eigenvalue weighted by Crippen LogP contribution is -2.41. The summed E-state index contributed by atoms with van der Waals surface area (Å²) in [4.78, 5) is 15.8. The van der Waals surface area contributed by atoms with Gasteiger partial charge in [0.05, 0.1) is 0 Å². The lowest BCUT2D eigenvalue weighted by atomic mass is 9.92. The fourth-order valence-corrected chi connectivity index (χ4v) is 2.32. The van der Waals surface area contributed by atoms with Crippen LogP contribution < -0.4 is 5.32 Å². The number of rotatable bonds is 4. The molecule has 1 aromatic heterocycles. The van der Waals surface area contributed by atoms with Crippen molar-refractivity contribution in [2.45, 2.75) is 57.5 Å². The van der Waals surface area contributed by atoms with E-state index in [9.17, 15) is 22.4 Å². The van der Waals surface area contributed by atoms with Gasteiger partial charge in [-0.3, -0.25) is 4.79 Å². The number of aromatic nitrogens is 3. The van der Waals surface area contributed by atoms with Gasteiger partial charge in [0.15, 0.2) is 0 Å². The molecule has 1 fully saturated rings. The summed E-state index contributed by atoms with van der Waals surface area (Å²) in [5.41, 5.74) is 0. The van der Waals surface area contributed by atoms with Crippen molar-refractivity contribution in [3.63, 3.8) is 0 Å². The van der Waals surface area contributed by atoms with Crippen LogP contribution in [0.4, 0.5) is 17.6 Å². The topological polar surface area (TPSA) is 59.8 Å². The molecule has 1 N–H and O–H groups in total. The van der Waals surface area contributed by atoms with Crippen molar-refractivity contribution >= 4 is 5.91 Å². The fraction of sp³-hybridized carbons (Fsp3) is 0.750. The van der Waals surface area contributed by atoms with E-state index in [1.165, 1.54) is 6.92 Å². The third kappa shape index (κ3) is 4.15. The Bertz CT molecular complexity index is 507. The molecular formula is C12H16F4N4O. The second-order valence-corrected chi connectivity index (χ2v) is 5.16. The molecule has 1 saturated carbocycles. The van der Waals surface area contributed by atoms with E-state index >= 15 is 0 Å². The average Bonchev–Trinajstić information content (AvgIpc) is 2.72. The predicted octanol–water partition coefficient (Wildman–Crippen LogP) is 2.16. The maximum atomic E-state index is 13.0. The molecule has 0 radical (unpaired) electrons. The van der Waals surface area contributed by atoms with Crippen LogP contribution in [0.15, 0.2) is 0 Å². The van der Waals surface area contributed by atoms with Crippen molar-refractivity contribution in [3.05, 3.63) is 11.6 Å². The zero-order chi connectivity index (χ0) is 15.6. The molecule has 21 heavy (non-hydrogen) atoms. The lowest BCUT2D eigenvalue weighted by Gasteiger charge is -2.28. The Morgan fingerprint density at radius 2 is 2.05 bits per heavy atom. The molecule has 1 aliphatic carbocycles. The van der Waals surface area contributed by atoms with E-state index in [0.29, 0.717) is 0 Å². The molecule has 5 nitrogen and oxygen atoms in total. The molecule has 0 saturated heterocycles. The van der Waals surface area contributed by atoms with Crippen LogP contribution in [0.1, 0.15) is 42.1 Å². The molecule has 0 bridgehead atoms. The van der Waals surface area contributed by atoms with Crippen LogP contribution in [0, 0.1) is 6.92 Å². The Hall–Kier alpha value is -1.67. The van der Waals surface area contributed by atoms with E-state index in [1.54, 1.807) is 0 Å². The highest BCUT2D eigenvalue weighted by Crippen LogP contribution is 2.33. The molecular weight excluding hydrogens is 292 g/mol. The summed E-state index contributed by atoms with van der Waals surface area (Å²) < 4.78 is 51.7. The van der Waals surface area contributed by atoms with E-state index in [1.807, 2.05) is 0 Å². The van der Waals surface area contributed by atoms with E-state index < -0.39 is 30.8 Å². The first kappa shape index (κ1) is 15.7. The van der Waals surface area contributed by atoms with Crippen molar-refractivity contribution in [1.29, 1.82) is 0 Å². The Balaban J connectivity index is 2.00. The molecule has 0 atom stereocenters. The summed E-state index contributed by atoms with van der Waals surface area (Å²) >= 11 is 0. The van der Waals surface area contributed by atoms with Crippen LogP contribution >= 0.6 is 0 Å². The Morgan fingerprint density at radius 3 is 2.62 bits per heavy atom. The van der Waals surface area contributed by atoms with Gasteiger partial charge in [0.2, 0.25) is 11.7 Å². The summed E-state index contributed by atoms with van der Waals surface area (Å²) in [7, 11) is 0. The van der Waals surface area contributed by atoms with Gasteiger partial charge in [0, 0.05) is 18.9 Å². The second-order valence-electron chi connectivity index (χ2n) is 5.16. The monoisotopic (exact) mass is 308 g/mol. The van der Waals surface area contributed by atoms with Gasteiger partial charge < -0.3 is 5.32 Å². The number of amides is 1. The molecule has 0 unspecified atom stereocenters. The van der Waals surface area contributed by atoms with Crippen molar-refractivity contribution in [2.75, 3.05) is 0 Å². The number of hydrogen-bond donors (Lipinski definition) is 1. The van der Waals surface area contributed by atoms with Gasteiger partial charge in [0.25, 0.3) is 12.3 Å². The molecule has 9 heteroatoms. The average molecular weight is 308 g/mol. The highest BCUT2D eigenvalue weighted by Gasteiger charge is 2.35. The number of hydrogen-bond acceptors (Lipinski definition) is 3. The van der Waals surface area contributed by atoms with Crippen LogP contribution in [0.3, 0.4) is 0 Å². The van der Waals surface area contributed by atoms with Gasteiger partial charge in [-0.2, -0.15) is 5.10 Å². The first-order chi connectivity index (χ1) is 9.77. The normalized spacial score (nSPS) is 19.0. The summed E-state index contributed by atoms with van der Waals surface area (Å²) in [6.45, 7) is 0.756. The molecule has 1 aliphatic rings. The molecule has 0 aromatic carbocycles. The molecule has 118 valence electrons. The van der Waals surface area contributed by atoms with Crippen molar-refractivity contribution in [2.24, 2.45) is 0 Å². The highest BCUT2D eigenvalue weighted by atomic mass is 19.3. The number of halogens is 4. The van der Waals surface area contributed by atoms with Gasteiger partial charge in [-0.1, -0.05) is 0 Å². The molecule has 0 spiro atoms. The zero-order valence-electron chi connectivity index (χ0n) is 11.5. The van der Waals surface area contributed by atoms with Gasteiger partial charge in [-0.05, 0) is 19.8 Å². The number of aryl methyl sites for hydroxylation is 1. The van der Waals surface area contributed by atoms with Crippen LogP contribution in [-0.2, 0) is 6.54 Å². The number of alkyl halides is 4. The number of carbonyl (C=O) groups is 1. The maximum Gasteiger partial charge on any atom is 0.289 e. The van der Waals surface area contributed by atoms with Gasteiger partial charge >= 0.3 is 0 Å². The van der Waals surface area contributed by atoms with Crippen LogP contribution in [-0.4, -0.2) is 39.1 Å². The van der Waals surface area contributed by atoms with Crippen molar-refractivity contribution in [3.8, 4) is 0 Å². The van der Waals surface area contributed by atoms with E-state index in [0.717, 1.165) is 4.68 Å². The summed E-state index contributed by atoms with van der Waals surface area (Å²) in [6, 6.07) is -0.394. The van der Waals surface area contributed by atoms with E-state index in [-0.39, 0.29) is 37.3 Å². The first-order valence-corrected chi connectivity index (χ1v) is 6.65. The number of nitrogens with zero attached hydrogens (tertiary/aromatic N) is 3. The molecule has 2 rings (SSSR count). The summed E-state index contributed by atoms with van der Waals surface area (Å²) in [5, 5.41) is 6.29. The fourth-order valence-electron chi connectivity index (χ4n) is 2.32. The van der Waals surface area contributed by atoms with E-state index in [2.05, 4.69) is 15.4 Å². The lowest BCUT2D eigenvalue weighted by molar-refractivity contribution is -0.0399. The summed E-state index contributed by atoms with van der Waals surface area (Å²) in [5.74, 6) is -3.36. The summed E-state index contributed by atoms with van der Waals surface area (Å²) in [6.07, 6.45) is -2.94. The Morgan fingerprint density at radius 1 is 1.43 bits per heavy atom. The molecule has 0 aliphatic heterocycles. The second kappa shape index (κ2) is 5.98. The number of nitrogens with one attached hydrogen (secondary N) is 1. The third-order valence-corrected chi connectivity index (χ3v) is 3.34. The van der Waals surface area contributed by atoms with E-state index in [4.69, 9.17) is 0 Å². The molecule has 1 aromatic rings. The highest BCUT2D eigenvalue weighted by molar-refractivity contribution is 5.90. The third-order valence-electron chi connectivity index (χ3n) is 3.34.